The Hall–Kier alpha value is -0.810. The van der Waals surface area contributed by atoms with Crippen LogP contribution >= 0.6 is 24.8 Å². The van der Waals surface area contributed by atoms with E-state index >= 15 is 0 Å². The lowest BCUT2D eigenvalue weighted by molar-refractivity contribution is -0.126. The molecule has 2 atom stereocenters. The molecule has 22 heavy (non-hydrogen) atoms. The van der Waals surface area contributed by atoms with E-state index in [0.717, 1.165) is 19.5 Å². The van der Waals surface area contributed by atoms with Gasteiger partial charge >= 0.3 is 0 Å². The molecular weight excluding hydrogens is 321 g/mol. The number of hydrogen-bond donors (Lipinski definition) is 2. The summed E-state index contributed by atoms with van der Waals surface area (Å²) in [7, 11) is 0. The van der Waals surface area contributed by atoms with E-state index in [-0.39, 0.29) is 36.8 Å². The first-order valence-electron chi connectivity index (χ1n) is 7.40. The van der Waals surface area contributed by atoms with Gasteiger partial charge in [-0.1, -0.05) is 31.2 Å². The van der Waals surface area contributed by atoms with Crippen molar-refractivity contribution in [2.45, 2.75) is 32.9 Å². The summed E-state index contributed by atoms with van der Waals surface area (Å²) in [5, 5.41) is 2.99. The Bertz CT molecular complexity index is 470. The van der Waals surface area contributed by atoms with Crippen LogP contribution in [0.4, 0.5) is 0 Å². The molecule has 0 aromatic heterocycles. The quantitative estimate of drug-likeness (QED) is 0.856. The normalized spacial score (nSPS) is 16.5. The lowest BCUT2D eigenvalue weighted by atomic mass is 9.98. The highest BCUT2D eigenvalue weighted by atomic mass is 35.5. The van der Waals surface area contributed by atoms with Crippen LogP contribution in [0.1, 0.15) is 25.0 Å². The van der Waals surface area contributed by atoms with Crippen molar-refractivity contribution in [3.8, 4) is 0 Å². The zero-order valence-electron chi connectivity index (χ0n) is 13.2. The van der Waals surface area contributed by atoms with E-state index in [1.165, 1.54) is 11.1 Å². The molecule has 0 saturated carbocycles. The number of nitrogens with zero attached hydrogens (tertiary/aromatic N) is 1. The van der Waals surface area contributed by atoms with Gasteiger partial charge < -0.3 is 11.1 Å². The highest BCUT2D eigenvalue weighted by molar-refractivity contribution is 5.85. The third-order valence-electron chi connectivity index (χ3n) is 4.11. The molecule has 6 heteroatoms. The van der Waals surface area contributed by atoms with Gasteiger partial charge in [0, 0.05) is 19.6 Å². The summed E-state index contributed by atoms with van der Waals surface area (Å²) in [4.78, 5) is 14.4. The number of hydrogen-bond acceptors (Lipinski definition) is 3. The molecule has 0 aliphatic carbocycles. The summed E-state index contributed by atoms with van der Waals surface area (Å²) in [6, 6.07) is 8.39. The summed E-state index contributed by atoms with van der Waals surface area (Å²) in [5.74, 6) is 0.429. The van der Waals surface area contributed by atoms with Crippen LogP contribution in [0, 0.1) is 5.92 Å². The predicted octanol–water partition coefficient (Wildman–Crippen LogP) is 1.99. The third kappa shape index (κ3) is 5.43. The van der Waals surface area contributed by atoms with Gasteiger partial charge in [0.1, 0.15) is 0 Å². The fraction of sp³-hybridized carbons (Fsp3) is 0.562. The van der Waals surface area contributed by atoms with Crippen LogP contribution in [0.5, 0.6) is 0 Å². The number of rotatable bonds is 5. The van der Waals surface area contributed by atoms with Gasteiger partial charge in [0.2, 0.25) is 5.91 Å². The largest absolute Gasteiger partial charge is 0.354 e. The van der Waals surface area contributed by atoms with Crippen LogP contribution in [-0.2, 0) is 17.8 Å². The number of nitrogens with one attached hydrogen (secondary N) is 1. The van der Waals surface area contributed by atoms with Gasteiger partial charge in [0.15, 0.2) is 0 Å². The molecule has 3 N–H and O–H groups in total. The van der Waals surface area contributed by atoms with Gasteiger partial charge in [0.25, 0.3) is 0 Å². The molecule has 126 valence electrons. The van der Waals surface area contributed by atoms with Crippen molar-refractivity contribution < 1.29 is 4.79 Å². The summed E-state index contributed by atoms with van der Waals surface area (Å²) >= 11 is 0. The maximum Gasteiger partial charge on any atom is 0.237 e. The van der Waals surface area contributed by atoms with Crippen molar-refractivity contribution in [1.82, 2.24) is 10.2 Å². The molecule has 0 radical (unpaired) electrons. The van der Waals surface area contributed by atoms with Crippen molar-refractivity contribution in [3.05, 3.63) is 35.4 Å². The average molecular weight is 348 g/mol. The minimum atomic E-state index is -0.0895. The maximum atomic E-state index is 12.2. The first-order chi connectivity index (χ1) is 9.61. The van der Waals surface area contributed by atoms with Gasteiger partial charge in [-0.2, -0.15) is 0 Å². The standard InChI is InChI=1S/C16H25N3O.2ClH/c1-12(9-17)10-18-16(20)13(2)19-8-7-14-5-3-4-6-15(14)11-19;;/h3-6,12-13H,7-11,17H2,1-2H3,(H,18,20);2*1H. The second-order valence-electron chi connectivity index (χ2n) is 5.75. The van der Waals surface area contributed by atoms with Crippen LogP contribution in [0.15, 0.2) is 24.3 Å². The smallest absolute Gasteiger partial charge is 0.237 e. The molecule has 2 unspecified atom stereocenters. The molecule has 1 aromatic rings. The average Bonchev–Trinajstić information content (AvgIpc) is 2.50. The maximum absolute atomic E-state index is 12.2. The number of carbonyl (C=O) groups excluding carboxylic acids is 1. The van der Waals surface area contributed by atoms with Crippen LogP contribution in [0.3, 0.4) is 0 Å². The molecule has 1 aliphatic heterocycles. The first-order valence-corrected chi connectivity index (χ1v) is 7.40. The number of carbonyl (C=O) groups is 1. The second-order valence-corrected chi connectivity index (χ2v) is 5.75. The van der Waals surface area contributed by atoms with E-state index in [0.29, 0.717) is 19.0 Å². The van der Waals surface area contributed by atoms with Crippen molar-refractivity contribution in [2.75, 3.05) is 19.6 Å². The van der Waals surface area contributed by atoms with Crippen molar-refractivity contribution in [3.63, 3.8) is 0 Å². The number of benzene rings is 1. The Kier molecular flexibility index (Phi) is 9.69. The fourth-order valence-corrected chi connectivity index (χ4v) is 2.52. The van der Waals surface area contributed by atoms with Crippen LogP contribution in [0.2, 0.25) is 0 Å². The molecule has 4 nitrogen and oxygen atoms in total. The number of halogens is 2. The molecule has 1 heterocycles. The summed E-state index contributed by atoms with van der Waals surface area (Å²) in [5.41, 5.74) is 8.32. The highest BCUT2D eigenvalue weighted by Gasteiger charge is 2.25. The summed E-state index contributed by atoms with van der Waals surface area (Å²) in [6.07, 6.45) is 1.02. The Balaban J connectivity index is 0.00000220. The molecular formula is C16H27Cl2N3O. The first kappa shape index (κ1) is 21.2. The number of amides is 1. The number of nitrogens with two attached hydrogens (primary N) is 1. The molecule has 0 bridgehead atoms. The SMILES string of the molecule is CC(CN)CNC(=O)C(C)N1CCc2ccccc2C1.Cl.Cl. The van der Waals surface area contributed by atoms with E-state index in [2.05, 4.69) is 34.5 Å². The predicted molar refractivity (Wildman–Crippen MR) is 95.7 cm³/mol. The molecule has 0 saturated heterocycles. The number of fused-ring (bicyclic) bond motifs is 1. The Morgan fingerprint density at radius 3 is 2.55 bits per heavy atom. The van der Waals surface area contributed by atoms with E-state index < -0.39 is 0 Å². The van der Waals surface area contributed by atoms with Gasteiger partial charge in [-0.25, -0.2) is 0 Å². The minimum Gasteiger partial charge on any atom is -0.354 e. The van der Waals surface area contributed by atoms with Gasteiger partial charge in [-0.05, 0) is 36.9 Å². The van der Waals surface area contributed by atoms with E-state index in [1.807, 2.05) is 13.8 Å². The lowest BCUT2D eigenvalue weighted by Gasteiger charge is -2.33. The monoisotopic (exact) mass is 347 g/mol. The zero-order chi connectivity index (χ0) is 14.5. The van der Waals surface area contributed by atoms with Gasteiger partial charge in [-0.3, -0.25) is 9.69 Å². The molecule has 0 spiro atoms. The molecule has 0 fully saturated rings. The summed E-state index contributed by atoms with van der Waals surface area (Å²) < 4.78 is 0. The Labute approximate surface area is 145 Å². The third-order valence-corrected chi connectivity index (χ3v) is 4.11. The Morgan fingerprint density at radius 1 is 1.27 bits per heavy atom. The molecule has 1 amide bonds. The molecule has 2 rings (SSSR count). The fourth-order valence-electron chi connectivity index (χ4n) is 2.52. The van der Waals surface area contributed by atoms with Crippen LogP contribution < -0.4 is 11.1 Å². The second kappa shape index (κ2) is 10.1. The van der Waals surface area contributed by atoms with Crippen LogP contribution in [0.25, 0.3) is 0 Å². The van der Waals surface area contributed by atoms with E-state index in [1.54, 1.807) is 0 Å². The summed E-state index contributed by atoms with van der Waals surface area (Å²) in [6.45, 7) is 7.09. The molecule has 1 aliphatic rings. The lowest BCUT2D eigenvalue weighted by Crippen LogP contribution is -2.48. The minimum absolute atomic E-state index is 0. The van der Waals surface area contributed by atoms with Crippen molar-refractivity contribution in [1.29, 1.82) is 0 Å². The van der Waals surface area contributed by atoms with Crippen LogP contribution in [-0.4, -0.2) is 36.5 Å². The topological polar surface area (TPSA) is 58.4 Å². The molecule has 1 aromatic carbocycles. The van der Waals surface area contributed by atoms with E-state index in [4.69, 9.17) is 5.73 Å². The van der Waals surface area contributed by atoms with Gasteiger partial charge in [-0.15, -0.1) is 24.8 Å². The van der Waals surface area contributed by atoms with Crippen molar-refractivity contribution in [2.24, 2.45) is 11.7 Å². The highest BCUT2D eigenvalue weighted by Crippen LogP contribution is 2.20. The van der Waals surface area contributed by atoms with Crippen molar-refractivity contribution >= 4 is 30.7 Å². The zero-order valence-corrected chi connectivity index (χ0v) is 14.9. The Morgan fingerprint density at radius 2 is 1.91 bits per heavy atom. The van der Waals surface area contributed by atoms with Gasteiger partial charge in [0.05, 0.1) is 6.04 Å². The van der Waals surface area contributed by atoms with E-state index in [9.17, 15) is 4.79 Å².